The van der Waals surface area contributed by atoms with E-state index in [-0.39, 0.29) is 0 Å². The van der Waals surface area contributed by atoms with E-state index in [0.717, 1.165) is 55.8 Å². The van der Waals surface area contributed by atoms with Crippen LogP contribution in [0.3, 0.4) is 0 Å². The summed E-state index contributed by atoms with van der Waals surface area (Å²) in [6, 6.07) is 78.8. The number of aromatic nitrogens is 1. The van der Waals surface area contributed by atoms with Crippen LogP contribution in [0.5, 0.6) is 0 Å². The standard InChI is InChI=1S/C56H36N2O/c1-2-14-46-38(11-1)23-24-41-35-40(29-34-47(41)46)37-25-30-42(31-26-37)57(43-32-27-39(28-33-43)48-18-10-22-55-56(48)51-17-5-8-21-54(51)59-55)44-12-9-13-45(36-44)58-52-19-6-3-15-49(52)50-16-4-7-20-53(50)58/h1-36H. The van der Waals surface area contributed by atoms with Crippen molar-refractivity contribution >= 4 is 82.4 Å². The number of furan rings is 1. The van der Waals surface area contributed by atoms with Crippen molar-refractivity contribution in [2.24, 2.45) is 0 Å². The summed E-state index contributed by atoms with van der Waals surface area (Å²) in [7, 11) is 0. The molecule has 2 heterocycles. The minimum Gasteiger partial charge on any atom is -0.456 e. The molecule has 12 aromatic rings. The summed E-state index contributed by atoms with van der Waals surface area (Å²) in [4.78, 5) is 2.37. The minimum atomic E-state index is 0.899. The zero-order chi connectivity index (χ0) is 38.9. The quantitative estimate of drug-likeness (QED) is 0.158. The van der Waals surface area contributed by atoms with Crippen LogP contribution in [0, 0.1) is 0 Å². The molecule has 12 rings (SSSR count). The highest BCUT2D eigenvalue weighted by Crippen LogP contribution is 2.41. The van der Waals surface area contributed by atoms with Gasteiger partial charge in [0.25, 0.3) is 0 Å². The molecule has 0 aliphatic heterocycles. The van der Waals surface area contributed by atoms with E-state index in [9.17, 15) is 0 Å². The number of nitrogens with zero attached hydrogens (tertiary/aromatic N) is 2. The highest BCUT2D eigenvalue weighted by Gasteiger charge is 2.18. The Hall–Kier alpha value is -7.88. The van der Waals surface area contributed by atoms with Crippen LogP contribution in [0.4, 0.5) is 17.1 Å². The number of rotatable bonds is 6. The Kier molecular flexibility index (Phi) is 7.54. The molecule has 276 valence electrons. The van der Waals surface area contributed by atoms with Crippen LogP contribution in [0.1, 0.15) is 0 Å². The van der Waals surface area contributed by atoms with Crippen molar-refractivity contribution in [2.45, 2.75) is 0 Å². The molecule has 0 atom stereocenters. The maximum Gasteiger partial charge on any atom is 0.136 e. The first-order valence-electron chi connectivity index (χ1n) is 20.2. The lowest BCUT2D eigenvalue weighted by molar-refractivity contribution is 0.669. The zero-order valence-corrected chi connectivity index (χ0v) is 32.1. The first-order chi connectivity index (χ1) is 29.2. The van der Waals surface area contributed by atoms with Crippen molar-refractivity contribution in [1.82, 2.24) is 4.57 Å². The van der Waals surface area contributed by atoms with Crippen LogP contribution in [0.2, 0.25) is 0 Å². The summed E-state index contributed by atoms with van der Waals surface area (Å²) in [5.41, 5.74) is 13.2. The van der Waals surface area contributed by atoms with Gasteiger partial charge in [-0.15, -0.1) is 0 Å². The highest BCUT2D eigenvalue weighted by molar-refractivity contribution is 6.13. The van der Waals surface area contributed by atoms with Gasteiger partial charge in [-0.1, -0.05) is 146 Å². The van der Waals surface area contributed by atoms with Gasteiger partial charge >= 0.3 is 0 Å². The Morgan fingerprint density at radius 3 is 1.68 bits per heavy atom. The fourth-order valence-corrected chi connectivity index (χ4v) is 9.22. The molecular formula is C56H36N2O. The molecule has 0 saturated heterocycles. The maximum atomic E-state index is 6.26. The average Bonchev–Trinajstić information content (AvgIpc) is 3.86. The Bertz CT molecular complexity index is 3500. The first-order valence-corrected chi connectivity index (χ1v) is 20.2. The van der Waals surface area contributed by atoms with Crippen LogP contribution >= 0.6 is 0 Å². The molecule has 0 aliphatic carbocycles. The average molecular weight is 753 g/mol. The third-order valence-corrected chi connectivity index (χ3v) is 12.0. The van der Waals surface area contributed by atoms with Crippen molar-refractivity contribution in [3.05, 3.63) is 218 Å². The lowest BCUT2D eigenvalue weighted by atomic mass is 9.97. The van der Waals surface area contributed by atoms with Gasteiger partial charge in [0.15, 0.2) is 0 Å². The summed E-state index contributed by atoms with van der Waals surface area (Å²) in [5, 5.41) is 9.84. The van der Waals surface area contributed by atoms with Crippen molar-refractivity contribution in [3.63, 3.8) is 0 Å². The normalized spacial score (nSPS) is 11.7. The molecule has 0 spiro atoms. The van der Waals surface area contributed by atoms with Gasteiger partial charge in [-0.05, 0) is 117 Å². The van der Waals surface area contributed by atoms with Gasteiger partial charge in [0.2, 0.25) is 0 Å². The van der Waals surface area contributed by atoms with Crippen LogP contribution in [0.15, 0.2) is 223 Å². The molecule has 3 nitrogen and oxygen atoms in total. The van der Waals surface area contributed by atoms with Crippen molar-refractivity contribution in [2.75, 3.05) is 4.90 Å². The van der Waals surface area contributed by atoms with Crippen LogP contribution in [-0.4, -0.2) is 4.57 Å². The first kappa shape index (κ1) is 33.3. The Balaban J connectivity index is 0.985. The fourth-order valence-electron chi connectivity index (χ4n) is 9.22. The molecular weight excluding hydrogens is 717 g/mol. The largest absolute Gasteiger partial charge is 0.456 e. The summed E-state index contributed by atoms with van der Waals surface area (Å²) in [5.74, 6) is 0. The molecule has 0 unspecified atom stereocenters. The predicted molar refractivity (Wildman–Crippen MR) is 249 cm³/mol. The van der Waals surface area contributed by atoms with Gasteiger partial charge < -0.3 is 13.9 Å². The number of hydrogen-bond donors (Lipinski definition) is 0. The molecule has 59 heavy (non-hydrogen) atoms. The number of hydrogen-bond acceptors (Lipinski definition) is 2. The van der Waals surface area contributed by atoms with Crippen LogP contribution in [-0.2, 0) is 0 Å². The monoisotopic (exact) mass is 752 g/mol. The van der Waals surface area contributed by atoms with Crippen molar-refractivity contribution in [3.8, 4) is 27.9 Å². The number of anilines is 3. The lowest BCUT2D eigenvalue weighted by Gasteiger charge is -2.26. The minimum absolute atomic E-state index is 0.899. The van der Waals surface area contributed by atoms with E-state index in [0.29, 0.717) is 0 Å². The molecule has 0 radical (unpaired) electrons. The maximum absolute atomic E-state index is 6.26. The van der Waals surface area contributed by atoms with Gasteiger partial charge in [-0.3, -0.25) is 0 Å². The van der Waals surface area contributed by atoms with Crippen molar-refractivity contribution in [1.29, 1.82) is 0 Å². The van der Waals surface area contributed by atoms with Crippen LogP contribution < -0.4 is 4.90 Å². The van der Waals surface area contributed by atoms with Gasteiger partial charge in [-0.2, -0.15) is 0 Å². The number of para-hydroxylation sites is 3. The number of fused-ring (bicyclic) bond motifs is 9. The SMILES string of the molecule is c1cc(N(c2ccc(-c3ccc4c(ccc5ccccc54)c3)cc2)c2ccc(-c3cccc4oc5ccccc5c34)cc2)cc(-n2c3ccccc3c3ccccc32)c1. The second-order valence-corrected chi connectivity index (χ2v) is 15.3. The summed E-state index contributed by atoms with van der Waals surface area (Å²) in [6.45, 7) is 0. The van der Waals surface area contributed by atoms with E-state index in [1.807, 2.05) is 12.1 Å². The van der Waals surface area contributed by atoms with E-state index in [1.54, 1.807) is 0 Å². The van der Waals surface area contributed by atoms with E-state index < -0.39 is 0 Å². The Morgan fingerprint density at radius 2 is 0.915 bits per heavy atom. The molecule has 3 heteroatoms. The number of benzene rings is 10. The predicted octanol–water partition coefficient (Wildman–Crippen LogP) is 15.8. The smallest absolute Gasteiger partial charge is 0.136 e. The molecule has 0 fully saturated rings. The highest BCUT2D eigenvalue weighted by atomic mass is 16.3. The molecule has 2 aromatic heterocycles. The zero-order valence-electron chi connectivity index (χ0n) is 32.1. The summed E-state index contributed by atoms with van der Waals surface area (Å²) in [6.07, 6.45) is 0. The van der Waals surface area contributed by atoms with Crippen molar-refractivity contribution < 1.29 is 4.42 Å². The van der Waals surface area contributed by atoms with Crippen LogP contribution in [0.25, 0.3) is 93.2 Å². The lowest BCUT2D eigenvalue weighted by Crippen LogP contribution is -2.10. The fraction of sp³-hybridized carbons (Fsp3) is 0. The van der Waals surface area contributed by atoms with Gasteiger partial charge in [0.1, 0.15) is 11.2 Å². The van der Waals surface area contributed by atoms with Gasteiger partial charge in [-0.25, -0.2) is 0 Å². The topological polar surface area (TPSA) is 21.3 Å². The second kappa shape index (κ2) is 13.4. The third kappa shape index (κ3) is 5.44. The molecule has 0 aliphatic rings. The second-order valence-electron chi connectivity index (χ2n) is 15.3. The van der Waals surface area contributed by atoms with Gasteiger partial charge in [0.05, 0.1) is 11.0 Å². The molecule has 0 saturated carbocycles. The Labute approximate surface area is 341 Å². The summed E-state index contributed by atoms with van der Waals surface area (Å²) >= 11 is 0. The Morgan fingerprint density at radius 1 is 0.339 bits per heavy atom. The molecule has 10 aromatic carbocycles. The van der Waals surface area contributed by atoms with E-state index in [4.69, 9.17) is 4.42 Å². The third-order valence-electron chi connectivity index (χ3n) is 12.0. The van der Waals surface area contributed by atoms with E-state index in [1.165, 1.54) is 54.5 Å². The van der Waals surface area contributed by atoms with E-state index >= 15 is 0 Å². The van der Waals surface area contributed by atoms with Gasteiger partial charge in [0, 0.05) is 44.3 Å². The molecule has 0 bridgehead atoms. The van der Waals surface area contributed by atoms with E-state index in [2.05, 4.69) is 216 Å². The molecule has 0 N–H and O–H groups in total. The molecule has 0 amide bonds. The summed E-state index contributed by atoms with van der Waals surface area (Å²) < 4.78 is 8.64.